The highest BCUT2D eigenvalue weighted by atomic mass is 16.2. The Hall–Kier alpha value is -2.37. The van der Waals surface area contributed by atoms with E-state index in [1.165, 1.54) is 16.6 Å². The fourth-order valence-electron chi connectivity index (χ4n) is 1.60. The van der Waals surface area contributed by atoms with E-state index in [1.807, 2.05) is 24.3 Å². The summed E-state index contributed by atoms with van der Waals surface area (Å²) in [4.78, 5) is 15.5. The van der Waals surface area contributed by atoms with Crippen molar-refractivity contribution in [1.29, 1.82) is 0 Å². The van der Waals surface area contributed by atoms with Crippen molar-refractivity contribution in [3.8, 4) is 0 Å². The number of carbonyl (C=O) groups excluding carboxylic acids is 1. The summed E-state index contributed by atoms with van der Waals surface area (Å²) < 4.78 is 1.40. The lowest BCUT2D eigenvalue weighted by atomic mass is 10.1. The maximum Gasteiger partial charge on any atom is 0.246 e. The Labute approximate surface area is 105 Å². The predicted octanol–water partition coefficient (Wildman–Crippen LogP) is 1.06. The Kier molecular flexibility index (Phi) is 3.57. The maximum absolute atomic E-state index is 11.8. The van der Waals surface area contributed by atoms with Crippen molar-refractivity contribution < 1.29 is 4.79 Å². The molecule has 18 heavy (non-hydrogen) atoms. The highest BCUT2D eigenvalue weighted by Gasteiger charge is 2.05. The molecule has 2 aromatic rings. The lowest BCUT2D eigenvalue weighted by molar-refractivity contribution is -0.116. The van der Waals surface area contributed by atoms with Crippen molar-refractivity contribution in [3.63, 3.8) is 0 Å². The third kappa shape index (κ3) is 3.07. The van der Waals surface area contributed by atoms with Crippen LogP contribution in [-0.4, -0.2) is 20.7 Å². The molecule has 0 fully saturated rings. The second-order valence-electron chi connectivity index (χ2n) is 3.90. The van der Waals surface area contributed by atoms with Gasteiger partial charge in [-0.05, 0) is 24.1 Å². The SMILES string of the molecule is CCc1cccc(NC(=O)Cn2cnc(N)n2)c1. The Morgan fingerprint density at radius 1 is 1.50 bits per heavy atom. The Morgan fingerprint density at radius 2 is 2.33 bits per heavy atom. The summed E-state index contributed by atoms with van der Waals surface area (Å²) in [5.74, 6) is 0.00364. The number of nitrogens with zero attached hydrogens (tertiary/aromatic N) is 3. The first kappa shape index (κ1) is 12.1. The Balaban J connectivity index is 1.98. The van der Waals surface area contributed by atoms with Gasteiger partial charge in [-0.25, -0.2) is 9.67 Å². The van der Waals surface area contributed by atoms with Gasteiger partial charge in [-0.15, -0.1) is 5.10 Å². The number of hydrogen-bond acceptors (Lipinski definition) is 4. The number of amides is 1. The highest BCUT2D eigenvalue weighted by molar-refractivity contribution is 5.90. The van der Waals surface area contributed by atoms with Gasteiger partial charge in [-0.1, -0.05) is 19.1 Å². The highest BCUT2D eigenvalue weighted by Crippen LogP contribution is 2.11. The summed E-state index contributed by atoms with van der Waals surface area (Å²) in [5, 5.41) is 6.65. The summed E-state index contributed by atoms with van der Waals surface area (Å²) in [6.07, 6.45) is 2.36. The molecule has 1 heterocycles. The molecule has 1 aromatic carbocycles. The van der Waals surface area contributed by atoms with Crippen LogP contribution in [-0.2, 0) is 17.8 Å². The monoisotopic (exact) mass is 245 g/mol. The molecule has 0 aliphatic rings. The standard InChI is InChI=1S/C12H15N5O/c1-2-9-4-3-5-10(6-9)15-11(18)7-17-8-14-12(13)16-17/h3-6,8H,2,7H2,1H3,(H2,13,16)(H,15,18). The molecule has 0 radical (unpaired) electrons. The topological polar surface area (TPSA) is 85.8 Å². The van der Waals surface area contributed by atoms with Crippen LogP contribution in [0.2, 0.25) is 0 Å². The van der Waals surface area contributed by atoms with E-state index in [0.29, 0.717) is 0 Å². The zero-order valence-electron chi connectivity index (χ0n) is 10.1. The van der Waals surface area contributed by atoms with Crippen LogP contribution >= 0.6 is 0 Å². The summed E-state index contributed by atoms with van der Waals surface area (Å²) in [6, 6.07) is 7.75. The van der Waals surface area contributed by atoms with Gasteiger partial charge in [0.15, 0.2) is 0 Å². The number of carbonyl (C=O) groups is 1. The van der Waals surface area contributed by atoms with Crippen LogP contribution in [0.5, 0.6) is 0 Å². The van der Waals surface area contributed by atoms with E-state index in [1.54, 1.807) is 0 Å². The van der Waals surface area contributed by atoms with Gasteiger partial charge in [0.1, 0.15) is 12.9 Å². The molecular formula is C12H15N5O. The average Bonchev–Trinajstić information content (AvgIpc) is 2.74. The molecular weight excluding hydrogens is 230 g/mol. The van der Waals surface area contributed by atoms with E-state index in [9.17, 15) is 4.79 Å². The molecule has 1 amide bonds. The minimum atomic E-state index is -0.159. The summed E-state index contributed by atoms with van der Waals surface area (Å²) >= 11 is 0. The first-order valence-corrected chi connectivity index (χ1v) is 5.71. The van der Waals surface area contributed by atoms with Gasteiger partial charge >= 0.3 is 0 Å². The van der Waals surface area contributed by atoms with Gasteiger partial charge in [-0.2, -0.15) is 0 Å². The van der Waals surface area contributed by atoms with Crippen LogP contribution in [0.25, 0.3) is 0 Å². The molecule has 0 saturated carbocycles. The van der Waals surface area contributed by atoms with E-state index in [4.69, 9.17) is 5.73 Å². The first-order chi connectivity index (χ1) is 8.67. The predicted molar refractivity (Wildman–Crippen MR) is 68.9 cm³/mol. The molecule has 6 nitrogen and oxygen atoms in total. The van der Waals surface area contributed by atoms with E-state index in [-0.39, 0.29) is 18.4 Å². The number of aryl methyl sites for hydroxylation is 1. The molecule has 3 N–H and O–H groups in total. The maximum atomic E-state index is 11.8. The number of nitrogens with one attached hydrogen (secondary N) is 1. The van der Waals surface area contributed by atoms with Gasteiger partial charge in [0.25, 0.3) is 0 Å². The van der Waals surface area contributed by atoms with Crippen LogP contribution in [0.1, 0.15) is 12.5 Å². The van der Waals surface area contributed by atoms with E-state index in [2.05, 4.69) is 22.3 Å². The number of anilines is 2. The summed E-state index contributed by atoms with van der Waals surface area (Å²) in [6.45, 7) is 2.17. The van der Waals surface area contributed by atoms with Crippen molar-refractivity contribution in [2.45, 2.75) is 19.9 Å². The molecule has 0 aliphatic heterocycles. The molecule has 0 saturated heterocycles. The molecule has 1 aromatic heterocycles. The van der Waals surface area contributed by atoms with Crippen molar-refractivity contribution in [1.82, 2.24) is 14.8 Å². The number of nitrogens with two attached hydrogens (primary N) is 1. The van der Waals surface area contributed by atoms with Gasteiger partial charge in [0.2, 0.25) is 11.9 Å². The molecule has 0 aliphatic carbocycles. The quantitative estimate of drug-likeness (QED) is 0.843. The zero-order chi connectivity index (χ0) is 13.0. The van der Waals surface area contributed by atoms with Crippen molar-refractivity contribution >= 4 is 17.5 Å². The number of aromatic nitrogens is 3. The normalized spacial score (nSPS) is 10.3. The third-order valence-corrected chi connectivity index (χ3v) is 2.48. The first-order valence-electron chi connectivity index (χ1n) is 5.71. The molecule has 0 atom stereocenters. The van der Waals surface area contributed by atoms with Crippen LogP contribution < -0.4 is 11.1 Å². The molecule has 0 spiro atoms. The van der Waals surface area contributed by atoms with E-state index >= 15 is 0 Å². The van der Waals surface area contributed by atoms with E-state index in [0.717, 1.165) is 12.1 Å². The minimum absolute atomic E-state index is 0.0978. The Morgan fingerprint density at radius 3 is 3.00 bits per heavy atom. The van der Waals surface area contributed by atoms with Crippen LogP contribution in [0.4, 0.5) is 11.6 Å². The van der Waals surface area contributed by atoms with Gasteiger partial charge < -0.3 is 11.1 Å². The van der Waals surface area contributed by atoms with Gasteiger partial charge in [-0.3, -0.25) is 4.79 Å². The smallest absolute Gasteiger partial charge is 0.246 e. The van der Waals surface area contributed by atoms with Gasteiger partial charge in [0, 0.05) is 5.69 Å². The second-order valence-corrected chi connectivity index (χ2v) is 3.90. The number of nitrogen functional groups attached to an aromatic ring is 1. The molecule has 2 rings (SSSR count). The second kappa shape index (κ2) is 5.31. The number of rotatable bonds is 4. The van der Waals surface area contributed by atoms with Crippen LogP contribution in [0, 0.1) is 0 Å². The van der Waals surface area contributed by atoms with Crippen molar-refractivity contribution in [3.05, 3.63) is 36.2 Å². The molecule has 0 unspecified atom stereocenters. The molecule has 6 heteroatoms. The minimum Gasteiger partial charge on any atom is -0.367 e. The summed E-state index contributed by atoms with van der Waals surface area (Å²) in [5.41, 5.74) is 7.33. The van der Waals surface area contributed by atoms with Crippen molar-refractivity contribution in [2.24, 2.45) is 0 Å². The lowest BCUT2D eigenvalue weighted by Crippen LogP contribution is -2.19. The van der Waals surface area contributed by atoms with Crippen LogP contribution in [0.3, 0.4) is 0 Å². The number of benzene rings is 1. The fourth-order valence-corrected chi connectivity index (χ4v) is 1.60. The average molecular weight is 245 g/mol. The zero-order valence-corrected chi connectivity index (χ0v) is 10.1. The number of hydrogen-bond donors (Lipinski definition) is 2. The molecule has 94 valence electrons. The summed E-state index contributed by atoms with van der Waals surface area (Å²) in [7, 11) is 0. The van der Waals surface area contributed by atoms with Crippen LogP contribution in [0.15, 0.2) is 30.6 Å². The largest absolute Gasteiger partial charge is 0.367 e. The van der Waals surface area contributed by atoms with Crippen molar-refractivity contribution in [2.75, 3.05) is 11.1 Å². The van der Waals surface area contributed by atoms with Gasteiger partial charge in [0.05, 0.1) is 0 Å². The Bertz CT molecular complexity index is 549. The fraction of sp³-hybridized carbons (Fsp3) is 0.250. The third-order valence-electron chi connectivity index (χ3n) is 2.48. The lowest BCUT2D eigenvalue weighted by Gasteiger charge is -2.06. The molecule has 0 bridgehead atoms. The van der Waals surface area contributed by atoms with E-state index < -0.39 is 0 Å².